The van der Waals surface area contributed by atoms with E-state index in [4.69, 9.17) is 9.84 Å². The number of methoxy groups -OCH3 is 1. The van der Waals surface area contributed by atoms with Gasteiger partial charge in [-0.2, -0.15) is 0 Å². The number of β-amino-alcohol motifs (C(OH)–C–C–N with tert-alkyl or cyclic N) is 1. The van der Waals surface area contributed by atoms with Gasteiger partial charge in [0.15, 0.2) is 0 Å². The molecule has 0 radical (unpaired) electrons. The van der Waals surface area contributed by atoms with Crippen molar-refractivity contribution in [3.63, 3.8) is 0 Å². The molecule has 0 saturated heterocycles. The van der Waals surface area contributed by atoms with Gasteiger partial charge in [-0.25, -0.2) is 4.79 Å². The second-order valence-corrected chi connectivity index (χ2v) is 6.31. The summed E-state index contributed by atoms with van der Waals surface area (Å²) < 4.78 is 6.35. The van der Waals surface area contributed by atoms with E-state index in [0.29, 0.717) is 5.69 Å². The van der Waals surface area contributed by atoms with Gasteiger partial charge in [0.1, 0.15) is 5.70 Å². The standard InChI is InChI=1S/C14H14Br2N2O4/c1-22-14(21)9-7-18(4-5-19)13(20)12(9)17-11-3-2-8(15)6-10(11)16/h2-3,6,17,19H,4-5,7H2,1H3. The number of esters is 1. The van der Waals surface area contributed by atoms with Gasteiger partial charge in [0.2, 0.25) is 0 Å². The SMILES string of the molecule is COC(=O)C1=C(Nc2ccc(Br)cc2Br)C(=O)N(CCO)C1. The molecule has 0 fully saturated rings. The summed E-state index contributed by atoms with van der Waals surface area (Å²) in [6, 6.07) is 5.42. The first kappa shape index (κ1) is 17.0. The Hall–Kier alpha value is -1.38. The Morgan fingerprint density at radius 3 is 2.77 bits per heavy atom. The average Bonchev–Trinajstić information content (AvgIpc) is 2.79. The van der Waals surface area contributed by atoms with E-state index in [0.717, 1.165) is 8.95 Å². The third-order valence-corrected chi connectivity index (χ3v) is 4.29. The van der Waals surface area contributed by atoms with E-state index in [1.165, 1.54) is 12.0 Å². The van der Waals surface area contributed by atoms with E-state index in [1.54, 1.807) is 6.07 Å². The van der Waals surface area contributed by atoms with Crippen molar-refractivity contribution in [2.45, 2.75) is 0 Å². The fourth-order valence-corrected chi connectivity index (χ4v) is 3.22. The Bertz CT molecular complexity index is 646. The van der Waals surface area contributed by atoms with Crippen molar-refractivity contribution in [3.8, 4) is 0 Å². The number of carbonyl (C=O) groups excluding carboxylic acids is 2. The summed E-state index contributed by atoms with van der Waals surface area (Å²) in [4.78, 5) is 25.6. The minimum absolute atomic E-state index is 0.114. The molecule has 0 aromatic heterocycles. The minimum Gasteiger partial charge on any atom is -0.466 e. The zero-order valence-corrected chi connectivity index (χ0v) is 14.9. The summed E-state index contributed by atoms with van der Waals surface area (Å²) in [6.07, 6.45) is 0. The van der Waals surface area contributed by atoms with Crippen LogP contribution in [-0.4, -0.2) is 48.7 Å². The van der Waals surface area contributed by atoms with Crippen molar-refractivity contribution in [1.82, 2.24) is 4.90 Å². The Labute approximate surface area is 144 Å². The lowest BCUT2D eigenvalue weighted by atomic mass is 10.2. The Balaban J connectivity index is 2.34. The number of amides is 1. The first-order valence-electron chi connectivity index (χ1n) is 6.41. The van der Waals surface area contributed by atoms with E-state index in [2.05, 4.69) is 37.2 Å². The van der Waals surface area contributed by atoms with Crippen molar-refractivity contribution in [1.29, 1.82) is 0 Å². The molecular formula is C14H14Br2N2O4. The fraction of sp³-hybridized carbons (Fsp3) is 0.286. The molecule has 1 aliphatic rings. The number of carbonyl (C=O) groups is 2. The predicted molar refractivity (Wildman–Crippen MR) is 88.2 cm³/mol. The maximum absolute atomic E-state index is 12.4. The molecule has 0 spiro atoms. The highest BCUT2D eigenvalue weighted by Crippen LogP contribution is 2.29. The van der Waals surface area contributed by atoms with Crippen LogP contribution in [0.1, 0.15) is 0 Å². The highest BCUT2D eigenvalue weighted by molar-refractivity contribution is 9.11. The highest BCUT2D eigenvalue weighted by atomic mass is 79.9. The van der Waals surface area contributed by atoms with Gasteiger partial charge in [-0.15, -0.1) is 0 Å². The molecule has 0 saturated carbocycles. The number of rotatable bonds is 5. The van der Waals surface area contributed by atoms with Crippen molar-refractivity contribution in [2.75, 3.05) is 32.1 Å². The molecule has 22 heavy (non-hydrogen) atoms. The molecule has 0 bridgehead atoms. The first-order chi connectivity index (χ1) is 10.5. The number of hydrogen-bond acceptors (Lipinski definition) is 5. The molecule has 6 nitrogen and oxygen atoms in total. The van der Waals surface area contributed by atoms with Crippen LogP contribution in [0.4, 0.5) is 5.69 Å². The largest absolute Gasteiger partial charge is 0.466 e. The molecule has 0 atom stereocenters. The first-order valence-corrected chi connectivity index (χ1v) is 8.00. The Morgan fingerprint density at radius 2 is 2.18 bits per heavy atom. The summed E-state index contributed by atoms with van der Waals surface area (Å²) >= 11 is 6.75. The lowest BCUT2D eigenvalue weighted by Crippen LogP contribution is -2.31. The lowest BCUT2D eigenvalue weighted by molar-refractivity contribution is -0.136. The molecule has 2 rings (SSSR count). The lowest BCUT2D eigenvalue weighted by Gasteiger charge is -2.15. The van der Waals surface area contributed by atoms with E-state index < -0.39 is 5.97 Å². The number of anilines is 1. The average molecular weight is 434 g/mol. The molecule has 1 aliphatic heterocycles. The van der Waals surface area contributed by atoms with Crippen LogP contribution in [-0.2, 0) is 14.3 Å². The minimum atomic E-state index is -0.565. The van der Waals surface area contributed by atoms with E-state index >= 15 is 0 Å². The quantitative estimate of drug-likeness (QED) is 0.693. The fourth-order valence-electron chi connectivity index (χ4n) is 2.07. The molecular weight excluding hydrogens is 420 g/mol. The third kappa shape index (κ3) is 3.50. The van der Waals surface area contributed by atoms with Crippen LogP contribution in [0, 0.1) is 0 Å². The summed E-state index contributed by atoms with van der Waals surface area (Å²) in [5.74, 6) is -0.909. The molecule has 8 heteroatoms. The van der Waals surface area contributed by atoms with Gasteiger partial charge >= 0.3 is 5.97 Å². The van der Waals surface area contributed by atoms with E-state index in [1.807, 2.05) is 12.1 Å². The maximum Gasteiger partial charge on any atom is 0.337 e. The zero-order chi connectivity index (χ0) is 16.3. The van der Waals surface area contributed by atoms with Gasteiger partial charge in [0, 0.05) is 15.5 Å². The molecule has 0 aliphatic carbocycles. The van der Waals surface area contributed by atoms with Crippen LogP contribution in [0.5, 0.6) is 0 Å². The van der Waals surface area contributed by atoms with Gasteiger partial charge in [-0.1, -0.05) is 15.9 Å². The van der Waals surface area contributed by atoms with Crippen LogP contribution < -0.4 is 5.32 Å². The summed E-state index contributed by atoms with van der Waals surface area (Å²) in [6.45, 7) is 0.101. The van der Waals surface area contributed by atoms with Gasteiger partial charge in [0.05, 0.1) is 31.5 Å². The number of ether oxygens (including phenoxy) is 1. The third-order valence-electron chi connectivity index (χ3n) is 3.14. The Kier molecular flexibility index (Phi) is 5.60. The molecule has 1 heterocycles. The van der Waals surface area contributed by atoms with Crippen molar-refractivity contribution in [2.24, 2.45) is 0 Å². The van der Waals surface area contributed by atoms with E-state index in [9.17, 15) is 9.59 Å². The number of aliphatic hydroxyl groups is 1. The van der Waals surface area contributed by atoms with Crippen molar-refractivity contribution < 1.29 is 19.4 Å². The van der Waals surface area contributed by atoms with Crippen LogP contribution in [0.3, 0.4) is 0 Å². The number of nitrogens with one attached hydrogen (secondary N) is 1. The summed E-state index contributed by atoms with van der Waals surface area (Å²) in [5, 5.41) is 12.0. The molecule has 1 aromatic rings. The van der Waals surface area contributed by atoms with Gasteiger partial charge in [-0.05, 0) is 34.1 Å². The second kappa shape index (κ2) is 7.26. The number of benzene rings is 1. The summed E-state index contributed by atoms with van der Waals surface area (Å²) in [5.41, 5.74) is 1.07. The van der Waals surface area contributed by atoms with Gasteiger partial charge < -0.3 is 20.1 Å². The molecule has 1 aromatic carbocycles. The van der Waals surface area contributed by atoms with Gasteiger partial charge in [-0.3, -0.25) is 4.79 Å². The maximum atomic E-state index is 12.4. The molecule has 0 unspecified atom stereocenters. The topological polar surface area (TPSA) is 78.9 Å². The monoisotopic (exact) mass is 432 g/mol. The number of nitrogens with zero attached hydrogens (tertiary/aromatic N) is 1. The van der Waals surface area contributed by atoms with E-state index in [-0.39, 0.29) is 36.9 Å². The van der Waals surface area contributed by atoms with Crippen LogP contribution >= 0.6 is 31.9 Å². The second-order valence-electron chi connectivity index (χ2n) is 4.54. The summed E-state index contributed by atoms with van der Waals surface area (Å²) in [7, 11) is 1.27. The Morgan fingerprint density at radius 1 is 1.45 bits per heavy atom. The normalized spacial score (nSPS) is 14.5. The highest BCUT2D eigenvalue weighted by Gasteiger charge is 2.34. The number of aliphatic hydroxyl groups excluding tert-OH is 1. The van der Waals surface area contributed by atoms with Crippen molar-refractivity contribution >= 4 is 49.4 Å². The smallest absolute Gasteiger partial charge is 0.337 e. The predicted octanol–water partition coefficient (Wildman–Crippen LogP) is 1.89. The number of halogens is 2. The molecule has 1 amide bonds. The van der Waals surface area contributed by atoms with Crippen LogP contribution in [0.2, 0.25) is 0 Å². The zero-order valence-electron chi connectivity index (χ0n) is 11.7. The van der Waals surface area contributed by atoms with Crippen LogP contribution in [0.25, 0.3) is 0 Å². The number of hydrogen-bond donors (Lipinski definition) is 2. The molecule has 118 valence electrons. The van der Waals surface area contributed by atoms with Crippen LogP contribution in [0.15, 0.2) is 38.4 Å². The van der Waals surface area contributed by atoms with Gasteiger partial charge in [0.25, 0.3) is 5.91 Å². The van der Waals surface area contributed by atoms with Crippen molar-refractivity contribution in [3.05, 3.63) is 38.4 Å². The molecule has 2 N–H and O–H groups in total.